The Morgan fingerprint density at radius 2 is 1.90 bits per heavy atom. The Labute approximate surface area is 180 Å². The number of hydrogen-bond donors (Lipinski definition) is 1. The Morgan fingerprint density at radius 3 is 2.68 bits per heavy atom. The second kappa shape index (κ2) is 8.85. The van der Waals surface area contributed by atoms with Gasteiger partial charge in [-0.25, -0.2) is 9.37 Å². The number of benzene rings is 2. The van der Waals surface area contributed by atoms with Crippen molar-refractivity contribution >= 4 is 22.6 Å². The number of carbonyl (C=O) groups is 1. The zero-order chi connectivity index (χ0) is 22.0. The van der Waals surface area contributed by atoms with Crippen LogP contribution in [0.3, 0.4) is 0 Å². The zero-order valence-corrected chi connectivity index (χ0v) is 17.7. The highest BCUT2D eigenvalue weighted by molar-refractivity contribution is 5.80. The van der Waals surface area contributed by atoms with Crippen LogP contribution in [0.5, 0.6) is 0 Å². The van der Waals surface area contributed by atoms with Gasteiger partial charge in [0.1, 0.15) is 12.4 Å². The third-order valence-electron chi connectivity index (χ3n) is 5.73. The molecule has 8 heteroatoms. The molecule has 4 rings (SSSR count). The van der Waals surface area contributed by atoms with Crippen molar-refractivity contribution in [2.75, 3.05) is 38.1 Å². The molecule has 1 amide bonds. The van der Waals surface area contributed by atoms with Crippen LogP contribution in [0.25, 0.3) is 11.0 Å². The summed E-state index contributed by atoms with van der Waals surface area (Å²) < 4.78 is 15.5. The van der Waals surface area contributed by atoms with Gasteiger partial charge in [0.2, 0.25) is 5.91 Å². The highest BCUT2D eigenvalue weighted by Gasteiger charge is 2.21. The quantitative estimate of drug-likeness (QED) is 0.681. The van der Waals surface area contributed by atoms with Gasteiger partial charge in [-0.2, -0.15) is 0 Å². The minimum absolute atomic E-state index is 0.134. The summed E-state index contributed by atoms with van der Waals surface area (Å²) in [4.78, 5) is 33.7. The maximum atomic E-state index is 14.1. The first-order valence-electron chi connectivity index (χ1n) is 10.4. The molecule has 0 aliphatic carbocycles. The number of amides is 1. The highest BCUT2D eigenvalue weighted by atomic mass is 19.1. The molecule has 1 fully saturated rings. The van der Waals surface area contributed by atoms with Crippen LogP contribution in [-0.2, 0) is 11.3 Å². The van der Waals surface area contributed by atoms with Gasteiger partial charge in [0, 0.05) is 37.4 Å². The molecule has 1 N–H and O–H groups in total. The van der Waals surface area contributed by atoms with Gasteiger partial charge in [-0.05, 0) is 44.3 Å². The summed E-state index contributed by atoms with van der Waals surface area (Å²) in [6, 6.07) is 11.5. The fraction of sp³-hybridized carbons (Fsp3) is 0.348. The van der Waals surface area contributed by atoms with Crippen LogP contribution in [0.4, 0.5) is 10.1 Å². The standard InChI is InChI=1S/C23H26FN5O2/c1-16(18-13-17(24)7-8-20(18)28-11-9-27(2)10-12-28)26-22(30)15-29-21-6-4-3-5-19(21)25-14-23(29)31/h3-8,13-14,16H,9-12,15H2,1-2H3,(H,26,30). The van der Waals surface area contributed by atoms with E-state index in [1.54, 1.807) is 24.3 Å². The number of rotatable bonds is 5. The van der Waals surface area contributed by atoms with E-state index >= 15 is 0 Å². The number of nitrogens with one attached hydrogen (secondary N) is 1. The van der Waals surface area contributed by atoms with E-state index in [1.165, 1.54) is 22.9 Å². The molecule has 31 heavy (non-hydrogen) atoms. The van der Waals surface area contributed by atoms with Gasteiger partial charge in [0.05, 0.1) is 23.3 Å². The van der Waals surface area contributed by atoms with E-state index in [9.17, 15) is 14.0 Å². The summed E-state index contributed by atoms with van der Waals surface area (Å²) in [5, 5.41) is 2.93. The zero-order valence-electron chi connectivity index (χ0n) is 17.7. The van der Waals surface area contributed by atoms with E-state index in [-0.39, 0.29) is 23.8 Å². The molecule has 1 atom stereocenters. The molecule has 0 bridgehead atoms. The van der Waals surface area contributed by atoms with Gasteiger partial charge < -0.3 is 15.1 Å². The SMILES string of the molecule is CC(NC(=O)Cn1c(=O)cnc2ccccc21)c1cc(F)ccc1N1CCN(C)CC1. The number of fused-ring (bicyclic) bond motifs is 1. The number of aromatic nitrogens is 2. The number of carbonyl (C=O) groups excluding carboxylic acids is 1. The predicted octanol–water partition coefficient (Wildman–Crippen LogP) is 2.16. The van der Waals surface area contributed by atoms with Gasteiger partial charge in [0.15, 0.2) is 0 Å². The lowest BCUT2D eigenvalue weighted by Crippen LogP contribution is -2.45. The first-order valence-corrected chi connectivity index (χ1v) is 10.4. The molecule has 1 saturated heterocycles. The average Bonchev–Trinajstić information content (AvgIpc) is 2.76. The number of halogens is 1. The molecule has 162 valence electrons. The van der Waals surface area contributed by atoms with E-state index in [0.717, 1.165) is 37.4 Å². The normalized spacial score (nSPS) is 15.8. The number of likely N-dealkylation sites (N-methyl/N-ethyl adjacent to an activating group) is 1. The Hall–Kier alpha value is -3.26. The summed E-state index contributed by atoms with van der Waals surface area (Å²) >= 11 is 0. The van der Waals surface area contributed by atoms with E-state index in [1.807, 2.05) is 13.0 Å². The Bertz CT molecular complexity index is 1150. The molecular weight excluding hydrogens is 397 g/mol. The summed E-state index contributed by atoms with van der Waals surface area (Å²) in [6.45, 7) is 5.23. The molecule has 3 aromatic rings. The molecule has 0 spiro atoms. The fourth-order valence-corrected chi connectivity index (χ4v) is 3.99. The predicted molar refractivity (Wildman–Crippen MR) is 119 cm³/mol. The molecule has 1 aliphatic rings. The van der Waals surface area contributed by atoms with Crippen molar-refractivity contribution in [3.8, 4) is 0 Å². The number of para-hydroxylation sites is 2. The first kappa shape index (κ1) is 21.0. The molecule has 7 nitrogen and oxygen atoms in total. The van der Waals surface area contributed by atoms with Gasteiger partial charge >= 0.3 is 0 Å². The van der Waals surface area contributed by atoms with Crippen molar-refractivity contribution in [3.05, 3.63) is 70.4 Å². The maximum Gasteiger partial charge on any atom is 0.269 e. The van der Waals surface area contributed by atoms with E-state index in [2.05, 4.69) is 27.1 Å². The van der Waals surface area contributed by atoms with Crippen LogP contribution >= 0.6 is 0 Å². The minimum atomic E-state index is -0.415. The topological polar surface area (TPSA) is 70.5 Å². The third-order valence-corrected chi connectivity index (χ3v) is 5.73. The van der Waals surface area contributed by atoms with Gasteiger partial charge in [-0.15, -0.1) is 0 Å². The minimum Gasteiger partial charge on any atom is -0.369 e. The molecule has 1 aliphatic heterocycles. The second-order valence-corrected chi connectivity index (χ2v) is 7.95. The van der Waals surface area contributed by atoms with Gasteiger partial charge in [0.25, 0.3) is 5.56 Å². The van der Waals surface area contributed by atoms with Crippen molar-refractivity contribution in [3.63, 3.8) is 0 Å². The molecule has 2 heterocycles. The van der Waals surface area contributed by atoms with Crippen molar-refractivity contribution in [1.29, 1.82) is 0 Å². The molecule has 0 radical (unpaired) electrons. The van der Waals surface area contributed by atoms with E-state index in [0.29, 0.717) is 11.0 Å². The Morgan fingerprint density at radius 1 is 1.16 bits per heavy atom. The van der Waals surface area contributed by atoms with Gasteiger partial charge in [-0.3, -0.25) is 14.2 Å². The Balaban J connectivity index is 1.54. The molecule has 1 aromatic heterocycles. The van der Waals surface area contributed by atoms with Crippen LogP contribution in [-0.4, -0.2) is 53.6 Å². The summed E-state index contributed by atoms with van der Waals surface area (Å²) in [6.07, 6.45) is 1.22. The second-order valence-electron chi connectivity index (χ2n) is 7.95. The van der Waals surface area contributed by atoms with Crippen molar-refractivity contribution in [2.45, 2.75) is 19.5 Å². The third kappa shape index (κ3) is 4.59. The maximum absolute atomic E-state index is 14.1. The lowest BCUT2D eigenvalue weighted by molar-refractivity contribution is -0.122. The number of piperazine rings is 1. The number of anilines is 1. The van der Waals surface area contributed by atoms with Crippen LogP contribution in [0.2, 0.25) is 0 Å². The highest BCUT2D eigenvalue weighted by Crippen LogP contribution is 2.28. The smallest absolute Gasteiger partial charge is 0.269 e. The van der Waals surface area contributed by atoms with Crippen LogP contribution in [0.1, 0.15) is 18.5 Å². The summed E-state index contributed by atoms with van der Waals surface area (Å²) in [5.74, 6) is -0.662. The summed E-state index contributed by atoms with van der Waals surface area (Å²) in [7, 11) is 2.08. The summed E-state index contributed by atoms with van der Waals surface area (Å²) in [5.41, 5.74) is 2.55. The first-order chi connectivity index (χ1) is 14.9. The molecule has 0 saturated carbocycles. The fourth-order valence-electron chi connectivity index (χ4n) is 3.99. The number of nitrogens with zero attached hydrogens (tertiary/aromatic N) is 4. The monoisotopic (exact) mass is 423 g/mol. The van der Waals surface area contributed by atoms with E-state index in [4.69, 9.17) is 0 Å². The lowest BCUT2D eigenvalue weighted by Gasteiger charge is -2.36. The largest absolute Gasteiger partial charge is 0.369 e. The lowest BCUT2D eigenvalue weighted by atomic mass is 10.0. The van der Waals surface area contributed by atoms with Crippen molar-refractivity contribution < 1.29 is 9.18 Å². The van der Waals surface area contributed by atoms with Crippen molar-refractivity contribution in [1.82, 2.24) is 19.8 Å². The molecule has 2 aromatic carbocycles. The van der Waals surface area contributed by atoms with Crippen molar-refractivity contribution in [2.24, 2.45) is 0 Å². The number of hydrogen-bond acceptors (Lipinski definition) is 5. The van der Waals surface area contributed by atoms with Crippen LogP contribution < -0.4 is 15.8 Å². The average molecular weight is 423 g/mol. The molecule has 1 unspecified atom stereocenters. The van der Waals surface area contributed by atoms with Gasteiger partial charge in [-0.1, -0.05) is 12.1 Å². The molecular formula is C23H26FN5O2. The van der Waals surface area contributed by atoms with E-state index < -0.39 is 6.04 Å². The van der Waals surface area contributed by atoms with Crippen LogP contribution in [0.15, 0.2) is 53.5 Å². The van der Waals surface area contributed by atoms with Crippen LogP contribution in [0, 0.1) is 5.82 Å². The Kier molecular flexibility index (Phi) is 5.99.